The first-order valence-corrected chi connectivity index (χ1v) is 6.71. The number of hydrogen-bond acceptors (Lipinski definition) is 3. The van der Waals surface area contributed by atoms with Crippen LogP contribution in [-0.2, 0) is 0 Å². The Bertz CT molecular complexity index is 481. The highest BCUT2D eigenvalue weighted by Gasteiger charge is 2.29. The van der Waals surface area contributed by atoms with Gasteiger partial charge in [0.25, 0.3) is 0 Å². The molecule has 17 heavy (non-hydrogen) atoms. The van der Waals surface area contributed by atoms with Crippen LogP contribution < -0.4 is 5.73 Å². The number of anilines is 1. The summed E-state index contributed by atoms with van der Waals surface area (Å²) in [5.41, 5.74) is 6.85. The summed E-state index contributed by atoms with van der Waals surface area (Å²) in [6, 6.07) is 0. The number of carboxylic acid groups (broad SMARTS) is 1. The van der Waals surface area contributed by atoms with E-state index in [0.29, 0.717) is 10.9 Å². The van der Waals surface area contributed by atoms with E-state index in [1.807, 2.05) is 11.5 Å². The molecule has 0 aliphatic heterocycles. The molecule has 1 aliphatic rings. The van der Waals surface area contributed by atoms with Gasteiger partial charge in [-0.05, 0) is 35.6 Å². The predicted molar refractivity (Wildman–Crippen MR) is 70.8 cm³/mol. The zero-order valence-electron chi connectivity index (χ0n) is 9.44. The van der Waals surface area contributed by atoms with Crippen molar-refractivity contribution in [1.82, 2.24) is 0 Å². The standard InChI is InChI=1S/C12H14ClNO2S/c1-6-4-7(13)2-3-8(6)9-5-17-11(14)10(9)12(15)16/h2,5-6,8H,3-4,14H2,1H3,(H,15,16). The molecule has 1 aliphatic carbocycles. The summed E-state index contributed by atoms with van der Waals surface area (Å²) in [4.78, 5) is 11.2. The van der Waals surface area contributed by atoms with E-state index in [2.05, 4.69) is 6.92 Å². The van der Waals surface area contributed by atoms with Crippen LogP contribution in [0.1, 0.15) is 41.6 Å². The van der Waals surface area contributed by atoms with Crippen LogP contribution in [0.2, 0.25) is 0 Å². The molecule has 2 unspecified atom stereocenters. The smallest absolute Gasteiger partial charge is 0.338 e. The minimum atomic E-state index is -0.938. The molecule has 0 saturated heterocycles. The van der Waals surface area contributed by atoms with Gasteiger partial charge in [0.15, 0.2) is 0 Å². The molecule has 0 fully saturated rings. The number of allylic oxidation sites excluding steroid dienone is 2. The summed E-state index contributed by atoms with van der Waals surface area (Å²) in [6.07, 6.45) is 3.57. The number of nitrogen functional groups attached to an aromatic ring is 1. The molecule has 1 heterocycles. The van der Waals surface area contributed by atoms with Gasteiger partial charge in [0, 0.05) is 5.03 Å². The molecule has 0 amide bonds. The molecular weight excluding hydrogens is 258 g/mol. The quantitative estimate of drug-likeness (QED) is 0.863. The van der Waals surface area contributed by atoms with Gasteiger partial charge in [0.1, 0.15) is 5.00 Å². The van der Waals surface area contributed by atoms with Crippen molar-refractivity contribution in [2.24, 2.45) is 5.92 Å². The van der Waals surface area contributed by atoms with Gasteiger partial charge in [-0.3, -0.25) is 0 Å². The van der Waals surface area contributed by atoms with E-state index in [9.17, 15) is 9.90 Å². The van der Waals surface area contributed by atoms with Crippen LogP contribution >= 0.6 is 22.9 Å². The average Bonchev–Trinajstić information content (AvgIpc) is 2.60. The molecule has 3 N–H and O–H groups in total. The highest BCUT2D eigenvalue weighted by atomic mass is 35.5. The van der Waals surface area contributed by atoms with Crippen molar-refractivity contribution in [3.05, 3.63) is 27.6 Å². The molecule has 1 aromatic heterocycles. The SMILES string of the molecule is CC1CC(Cl)=CCC1c1csc(N)c1C(=O)O. The highest BCUT2D eigenvalue weighted by Crippen LogP contribution is 2.42. The Hall–Kier alpha value is -1.00. The lowest BCUT2D eigenvalue weighted by Gasteiger charge is -2.27. The Labute approximate surface area is 109 Å². The van der Waals surface area contributed by atoms with Crippen LogP contribution in [0, 0.1) is 5.92 Å². The number of rotatable bonds is 2. The molecule has 2 atom stereocenters. The molecule has 3 nitrogen and oxygen atoms in total. The van der Waals surface area contributed by atoms with Crippen LogP contribution in [0.5, 0.6) is 0 Å². The fourth-order valence-electron chi connectivity index (χ4n) is 2.34. The van der Waals surface area contributed by atoms with Gasteiger partial charge in [-0.15, -0.1) is 11.3 Å². The minimum Gasteiger partial charge on any atom is -0.478 e. The molecule has 5 heteroatoms. The van der Waals surface area contributed by atoms with Crippen LogP contribution in [0.25, 0.3) is 0 Å². The lowest BCUT2D eigenvalue weighted by molar-refractivity contribution is 0.0696. The fraction of sp³-hybridized carbons (Fsp3) is 0.417. The van der Waals surface area contributed by atoms with E-state index in [4.69, 9.17) is 17.3 Å². The summed E-state index contributed by atoms with van der Waals surface area (Å²) >= 11 is 7.29. The van der Waals surface area contributed by atoms with Crippen molar-refractivity contribution >= 4 is 33.9 Å². The first kappa shape index (κ1) is 12.5. The van der Waals surface area contributed by atoms with Crippen molar-refractivity contribution < 1.29 is 9.90 Å². The number of halogens is 1. The number of hydrogen-bond donors (Lipinski definition) is 2. The Morgan fingerprint density at radius 1 is 1.65 bits per heavy atom. The first-order valence-electron chi connectivity index (χ1n) is 5.45. The average molecular weight is 272 g/mol. The molecule has 0 spiro atoms. The van der Waals surface area contributed by atoms with E-state index in [-0.39, 0.29) is 11.5 Å². The maximum Gasteiger partial charge on any atom is 0.338 e. The topological polar surface area (TPSA) is 63.3 Å². The molecule has 0 bridgehead atoms. The zero-order chi connectivity index (χ0) is 12.6. The molecule has 92 valence electrons. The van der Waals surface area contributed by atoms with Crippen LogP contribution in [-0.4, -0.2) is 11.1 Å². The zero-order valence-corrected chi connectivity index (χ0v) is 11.0. The minimum absolute atomic E-state index is 0.206. The summed E-state index contributed by atoms with van der Waals surface area (Å²) in [5.74, 6) is -0.386. The van der Waals surface area contributed by atoms with Crippen molar-refractivity contribution in [3.8, 4) is 0 Å². The van der Waals surface area contributed by atoms with Gasteiger partial charge in [-0.25, -0.2) is 4.79 Å². The third kappa shape index (κ3) is 2.33. The highest BCUT2D eigenvalue weighted by molar-refractivity contribution is 7.14. The molecule has 0 aromatic carbocycles. The van der Waals surface area contributed by atoms with E-state index in [0.717, 1.165) is 23.4 Å². The molecule has 1 aromatic rings. The van der Waals surface area contributed by atoms with E-state index >= 15 is 0 Å². The maximum absolute atomic E-state index is 11.2. The van der Waals surface area contributed by atoms with Gasteiger partial charge >= 0.3 is 5.97 Å². The van der Waals surface area contributed by atoms with Crippen LogP contribution in [0.4, 0.5) is 5.00 Å². The van der Waals surface area contributed by atoms with Gasteiger partial charge in [0.2, 0.25) is 0 Å². The summed E-state index contributed by atoms with van der Waals surface area (Å²) in [5, 5.41) is 12.3. The molecule has 2 rings (SSSR count). The third-order valence-corrected chi connectivity index (χ3v) is 4.40. The first-order chi connectivity index (χ1) is 8.00. The second kappa shape index (κ2) is 4.70. The van der Waals surface area contributed by atoms with E-state index < -0.39 is 5.97 Å². The summed E-state index contributed by atoms with van der Waals surface area (Å²) in [6.45, 7) is 2.10. The number of carbonyl (C=O) groups is 1. The predicted octanol–water partition coefficient (Wildman–Crippen LogP) is 3.66. The van der Waals surface area contributed by atoms with Gasteiger partial charge < -0.3 is 10.8 Å². The summed E-state index contributed by atoms with van der Waals surface area (Å²) in [7, 11) is 0. The second-order valence-corrected chi connectivity index (χ2v) is 5.81. The van der Waals surface area contributed by atoms with Gasteiger partial charge in [0.05, 0.1) is 5.56 Å². The summed E-state index contributed by atoms with van der Waals surface area (Å²) < 4.78 is 0. The van der Waals surface area contributed by atoms with E-state index in [1.54, 1.807) is 0 Å². The molecule has 0 saturated carbocycles. The lowest BCUT2D eigenvalue weighted by atomic mass is 9.79. The number of nitrogens with two attached hydrogens (primary N) is 1. The Kier molecular flexibility index (Phi) is 3.45. The van der Waals surface area contributed by atoms with Crippen molar-refractivity contribution in [2.75, 3.05) is 5.73 Å². The number of thiophene rings is 1. The lowest BCUT2D eigenvalue weighted by Crippen LogP contribution is -2.16. The van der Waals surface area contributed by atoms with Crippen molar-refractivity contribution in [1.29, 1.82) is 0 Å². The Morgan fingerprint density at radius 3 is 2.94 bits per heavy atom. The second-order valence-electron chi connectivity index (χ2n) is 4.41. The molecule has 0 radical (unpaired) electrons. The van der Waals surface area contributed by atoms with Gasteiger partial charge in [-0.2, -0.15) is 0 Å². The number of carboxylic acids is 1. The van der Waals surface area contributed by atoms with E-state index in [1.165, 1.54) is 11.3 Å². The van der Waals surface area contributed by atoms with Crippen LogP contribution in [0.15, 0.2) is 16.5 Å². The third-order valence-electron chi connectivity index (χ3n) is 3.26. The maximum atomic E-state index is 11.2. The monoisotopic (exact) mass is 271 g/mol. The van der Waals surface area contributed by atoms with Crippen molar-refractivity contribution in [2.45, 2.75) is 25.7 Å². The van der Waals surface area contributed by atoms with Gasteiger partial charge in [-0.1, -0.05) is 24.6 Å². The van der Waals surface area contributed by atoms with Crippen LogP contribution in [0.3, 0.4) is 0 Å². The molecular formula is C12H14ClNO2S. The van der Waals surface area contributed by atoms with Crippen molar-refractivity contribution in [3.63, 3.8) is 0 Å². The number of aromatic carboxylic acids is 1. The fourth-order valence-corrected chi connectivity index (χ4v) is 3.54. The largest absolute Gasteiger partial charge is 0.478 e. The Morgan fingerprint density at radius 2 is 2.35 bits per heavy atom. The normalized spacial score (nSPS) is 24.5. The Balaban J connectivity index is 2.38.